The number of halogens is 3. The van der Waals surface area contributed by atoms with Crippen molar-refractivity contribution < 1.29 is 4.39 Å². The molecule has 5 heteroatoms. The average molecular weight is 275 g/mol. The Labute approximate surface area is 109 Å². The first kappa shape index (κ1) is 12.7. The first-order chi connectivity index (χ1) is 8.17. The minimum absolute atomic E-state index is 0.0961. The van der Waals surface area contributed by atoms with Crippen molar-refractivity contribution in [1.82, 2.24) is 9.55 Å². The predicted molar refractivity (Wildman–Crippen MR) is 69.2 cm³/mol. The molecule has 0 saturated heterocycles. The number of aromatic nitrogens is 2. The molecule has 2 rings (SSSR count). The molecule has 0 aliphatic heterocycles. The van der Waals surface area contributed by atoms with Crippen LogP contribution in [0.4, 0.5) is 4.39 Å². The standard InChI is InChI=1S/C12H13Cl2FN2/c1-2-3-4-17-11-6-9(15)8(14)5-10(11)16-12(17)7-13/h5-6H,2-4,7H2,1H3. The van der Waals surface area contributed by atoms with Crippen molar-refractivity contribution in [3.63, 3.8) is 0 Å². The van der Waals surface area contributed by atoms with E-state index in [-0.39, 0.29) is 5.02 Å². The maximum atomic E-state index is 13.5. The highest BCUT2D eigenvalue weighted by Crippen LogP contribution is 2.24. The van der Waals surface area contributed by atoms with Crippen molar-refractivity contribution in [3.8, 4) is 0 Å². The maximum absolute atomic E-state index is 13.5. The monoisotopic (exact) mass is 274 g/mol. The van der Waals surface area contributed by atoms with Crippen LogP contribution in [0.5, 0.6) is 0 Å². The van der Waals surface area contributed by atoms with E-state index in [2.05, 4.69) is 11.9 Å². The number of alkyl halides is 1. The summed E-state index contributed by atoms with van der Waals surface area (Å²) >= 11 is 11.6. The highest BCUT2D eigenvalue weighted by Gasteiger charge is 2.12. The molecule has 0 aliphatic rings. The molecule has 1 aromatic carbocycles. The van der Waals surface area contributed by atoms with Gasteiger partial charge in [-0.1, -0.05) is 24.9 Å². The fourth-order valence-electron chi connectivity index (χ4n) is 1.84. The number of rotatable bonds is 4. The van der Waals surface area contributed by atoms with Crippen LogP contribution in [0.25, 0.3) is 11.0 Å². The zero-order valence-electron chi connectivity index (χ0n) is 9.51. The summed E-state index contributed by atoms with van der Waals surface area (Å²) in [4.78, 5) is 4.37. The molecule has 0 fully saturated rings. The Kier molecular flexibility index (Phi) is 3.89. The molecule has 92 valence electrons. The Morgan fingerprint density at radius 1 is 1.41 bits per heavy atom. The van der Waals surface area contributed by atoms with Crippen molar-refractivity contribution in [1.29, 1.82) is 0 Å². The van der Waals surface area contributed by atoms with Gasteiger partial charge in [0.05, 0.1) is 21.9 Å². The molecule has 0 bridgehead atoms. The Hall–Kier alpha value is -0.800. The molecule has 1 aromatic heterocycles. The lowest BCUT2D eigenvalue weighted by molar-refractivity contribution is 0.617. The van der Waals surface area contributed by atoms with E-state index in [1.165, 1.54) is 6.07 Å². The number of imidazole rings is 1. The third-order valence-corrected chi connectivity index (χ3v) is 3.25. The van der Waals surface area contributed by atoms with E-state index in [0.717, 1.165) is 30.7 Å². The molecule has 0 atom stereocenters. The van der Waals surface area contributed by atoms with Crippen LogP contribution in [0, 0.1) is 5.82 Å². The first-order valence-corrected chi connectivity index (χ1v) is 6.48. The lowest BCUT2D eigenvalue weighted by Gasteiger charge is -2.06. The number of hydrogen-bond donors (Lipinski definition) is 0. The van der Waals surface area contributed by atoms with Crippen molar-refractivity contribution in [2.24, 2.45) is 0 Å². The van der Waals surface area contributed by atoms with E-state index in [1.807, 2.05) is 4.57 Å². The summed E-state index contributed by atoms with van der Waals surface area (Å²) < 4.78 is 15.4. The molecule has 0 N–H and O–H groups in total. The van der Waals surface area contributed by atoms with Crippen LogP contribution in [-0.4, -0.2) is 9.55 Å². The van der Waals surface area contributed by atoms with Crippen LogP contribution >= 0.6 is 23.2 Å². The summed E-state index contributed by atoms with van der Waals surface area (Å²) in [5, 5.41) is 0.0961. The normalized spacial score (nSPS) is 11.3. The van der Waals surface area contributed by atoms with Crippen LogP contribution < -0.4 is 0 Å². The minimum Gasteiger partial charge on any atom is -0.327 e. The molecular weight excluding hydrogens is 262 g/mol. The van der Waals surface area contributed by atoms with Crippen LogP contribution in [0.2, 0.25) is 5.02 Å². The molecular formula is C12H13Cl2FN2. The third kappa shape index (κ3) is 2.40. The van der Waals surface area contributed by atoms with Crippen LogP contribution in [0.3, 0.4) is 0 Å². The molecule has 2 aromatic rings. The van der Waals surface area contributed by atoms with E-state index in [1.54, 1.807) is 6.07 Å². The Morgan fingerprint density at radius 2 is 2.18 bits per heavy atom. The second-order valence-electron chi connectivity index (χ2n) is 3.92. The van der Waals surface area contributed by atoms with Gasteiger partial charge in [0.25, 0.3) is 0 Å². The number of fused-ring (bicyclic) bond motifs is 1. The first-order valence-electron chi connectivity index (χ1n) is 5.57. The molecule has 0 aliphatic carbocycles. The number of hydrogen-bond acceptors (Lipinski definition) is 1. The van der Waals surface area contributed by atoms with E-state index in [0.29, 0.717) is 11.4 Å². The summed E-state index contributed by atoms with van der Waals surface area (Å²) in [5.74, 6) is 0.659. The SMILES string of the molecule is CCCCn1c(CCl)nc2cc(Cl)c(F)cc21. The van der Waals surface area contributed by atoms with Crippen molar-refractivity contribution in [3.05, 3.63) is 28.8 Å². The molecule has 0 saturated carbocycles. The van der Waals surface area contributed by atoms with Gasteiger partial charge in [-0.05, 0) is 12.5 Å². The van der Waals surface area contributed by atoms with E-state index >= 15 is 0 Å². The Balaban J connectivity index is 2.57. The average Bonchev–Trinajstić information content (AvgIpc) is 2.64. The molecule has 0 unspecified atom stereocenters. The number of aryl methyl sites for hydroxylation is 1. The molecule has 0 radical (unpaired) electrons. The van der Waals surface area contributed by atoms with Crippen molar-refractivity contribution >= 4 is 34.2 Å². The summed E-state index contributed by atoms with van der Waals surface area (Å²) in [6, 6.07) is 2.97. The maximum Gasteiger partial charge on any atom is 0.144 e. The molecule has 0 amide bonds. The highest BCUT2D eigenvalue weighted by atomic mass is 35.5. The van der Waals surface area contributed by atoms with Gasteiger partial charge in [-0.25, -0.2) is 9.37 Å². The second kappa shape index (κ2) is 5.23. The number of nitrogens with zero attached hydrogens (tertiary/aromatic N) is 2. The third-order valence-electron chi connectivity index (χ3n) is 2.72. The zero-order valence-corrected chi connectivity index (χ0v) is 11.0. The van der Waals surface area contributed by atoms with E-state index < -0.39 is 5.82 Å². The van der Waals surface area contributed by atoms with Gasteiger partial charge in [-0.3, -0.25) is 0 Å². The van der Waals surface area contributed by atoms with Crippen molar-refractivity contribution in [2.75, 3.05) is 0 Å². The van der Waals surface area contributed by atoms with E-state index in [4.69, 9.17) is 23.2 Å². The highest BCUT2D eigenvalue weighted by molar-refractivity contribution is 6.31. The fraction of sp³-hybridized carbons (Fsp3) is 0.417. The second-order valence-corrected chi connectivity index (χ2v) is 4.60. The summed E-state index contributed by atoms with van der Waals surface area (Å²) in [6.07, 6.45) is 2.08. The van der Waals surface area contributed by atoms with Gasteiger partial charge in [-0.2, -0.15) is 0 Å². The smallest absolute Gasteiger partial charge is 0.144 e. The molecule has 1 heterocycles. The topological polar surface area (TPSA) is 17.8 Å². The largest absolute Gasteiger partial charge is 0.327 e. The predicted octanol–water partition coefficient (Wildman–Crippen LogP) is 4.37. The number of unbranched alkanes of at least 4 members (excludes halogenated alkanes) is 1. The van der Waals surface area contributed by atoms with Crippen molar-refractivity contribution in [2.45, 2.75) is 32.2 Å². The fourth-order valence-corrected chi connectivity index (χ4v) is 2.20. The van der Waals surface area contributed by atoms with Gasteiger partial charge in [0.2, 0.25) is 0 Å². The summed E-state index contributed by atoms with van der Waals surface area (Å²) in [7, 11) is 0. The Bertz CT molecular complexity index is 537. The minimum atomic E-state index is -0.419. The molecule has 0 spiro atoms. The Morgan fingerprint density at radius 3 is 2.82 bits per heavy atom. The van der Waals surface area contributed by atoms with Gasteiger partial charge in [0.1, 0.15) is 11.6 Å². The van der Waals surface area contributed by atoms with Crippen LogP contribution in [-0.2, 0) is 12.4 Å². The lowest BCUT2D eigenvalue weighted by atomic mass is 10.3. The van der Waals surface area contributed by atoms with Gasteiger partial charge >= 0.3 is 0 Å². The van der Waals surface area contributed by atoms with Crippen LogP contribution in [0.15, 0.2) is 12.1 Å². The van der Waals surface area contributed by atoms with Gasteiger partial charge in [0.15, 0.2) is 0 Å². The summed E-state index contributed by atoms with van der Waals surface area (Å²) in [6.45, 7) is 2.91. The lowest BCUT2D eigenvalue weighted by Crippen LogP contribution is -2.02. The van der Waals surface area contributed by atoms with Gasteiger partial charge in [-0.15, -0.1) is 11.6 Å². The quantitative estimate of drug-likeness (QED) is 0.758. The zero-order chi connectivity index (χ0) is 12.4. The van der Waals surface area contributed by atoms with E-state index in [9.17, 15) is 4.39 Å². The summed E-state index contributed by atoms with van der Waals surface area (Å²) in [5.41, 5.74) is 1.46. The number of benzene rings is 1. The van der Waals surface area contributed by atoms with Gasteiger partial charge in [0, 0.05) is 12.6 Å². The molecule has 17 heavy (non-hydrogen) atoms. The van der Waals surface area contributed by atoms with Gasteiger partial charge < -0.3 is 4.57 Å². The van der Waals surface area contributed by atoms with Crippen LogP contribution in [0.1, 0.15) is 25.6 Å². The molecule has 2 nitrogen and oxygen atoms in total.